The molecule has 0 saturated heterocycles. The van der Waals surface area contributed by atoms with Gasteiger partial charge in [0.15, 0.2) is 0 Å². The van der Waals surface area contributed by atoms with E-state index < -0.39 is 0 Å². The van der Waals surface area contributed by atoms with Gasteiger partial charge in [-0.05, 0) is 28.9 Å². The van der Waals surface area contributed by atoms with Crippen LogP contribution in [0.1, 0.15) is 10.4 Å². The third-order valence-corrected chi connectivity index (χ3v) is 3.97. The van der Waals surface area contributed by atoms with Gasteiger partial charge < -0.3 is 10.7 Å². The Bertz CT molecular complexity index is 513. The van der Waals surface area contributed by atoms with Gasteiger partial charge in [0.2, 0.25) is 0 Å². The first-order chi connectivity index (χ1) is 8.20. The first-order valence-corrected chi connectivity index (χ1v) is 6.63. The molecule has 4 N–H and O–H groups in total. The van der Waals surface area contributed by atoms with Crippen LogP contribution >= 0.6 is 27.3 Å². The maximum Gasteiger partial charge on any atom is 0.148 e. The van der Waals surface area contributed by atoms with E-state index in [4.69, 9.17) is 5.84 Å². The molecular weight excluding hydrogens is 302 g/mol. The van der Waals surface area contributed by atoms with Gasteiger partial charge in [0, 0.05) is 20.3 Å². The fraction of sp³-hybridized carbons (Fsp3) is 0.200. The smallest absolute Gasteiger partial charge is 0.148 e. The molecule has 0 aliphatic carbocycles. The molecule has 0 bridgehead atoms. The molecular formula is C10H12BrN5S. The largest absolute Gasteiger partial charge is 0.365 e. The summed E-state index contributed by atoms with van der Waals surface area (Å²) in [6, 6.07) is 2.08. The zero-order chi connectivity index (χ0) is 12.3. The molecule has 0 fully saturated rings. The van der Waals surface area contributed by atoms with Crippen LogP contribution in [0, 0.1) is 6.92 Å². The molecule has 0 aliphatic rings. The maximum absolute atomic E-state index is 5.36. The summed E-state index contributed by atoms with van der Waals surface area (Å²) in [6.45, 7) is 2.65. The van der Waals surface area contributed by atoms with Gasteiger partial charge in [-0.25, -0.2) is 15.8 Å². The van der Waals surface area contributed by atoms with Crippen LogP contribution in [0.5, 0.6) is 0 Å². The van der Waals surface area contributed by atoms with Crippen molar-refractivity contribution in [3.05, 3.63) is 32.7 Å². The Kier molecular flexibility index (Phi) is 3.93. The third kappa shape index (κ3) is 2.93. The average molecular weight is 314 g/mol. The monoisotopic (exact) mass is 313 g/mol. The fourth-order valence-corrected chi connectivity index (χ4v) is 2.78. The van der Waals surface area contributed by atoms with Gasteiger partial charge in [-0.2, -0.15) is 0 Å². The number of halogens is 1. The number of nitrogen functional groups attached to an aromatic ring is 1. The van der Waals surface area contributed by atoms with E-state index >= 15 is 0 Å². The highest BCUT2D eigenvalue weighted by atomic mass is 79.9. The van der Waals surface area contributed by atoms with Crippen LogP contribution in [0.2, 0.25) is 0 Å². The predicted molar refractivity (Wildman–Crippen MR) is 73.9 cm³/mol. The quantitative estimate of drug-likeness (QED) is 0.597. The van der Waals surface area contributed by atoms with E-state index in [1.165, 1.54) is 11.2 Å². The van der Waals surface area contributed by atoms with Crippen LogP contribution in [-0.2, 0) is 6.54 Å². The lowest BCUT2D eigenvalue weighted by atomic mass is 10.3. The highest BCUT2D eigenvalue weighted by Gasteiger charge is 2.05. The van der Waals surface area contributed by atoms with E-state index in [0.29, 0.717) is 5.82 Å². The minimum Gasteiger partial charge on any atom is -0.365 e. The lowest BCUT2D eigenvalue weighted by Crippen LogP contribution is -2.12. The van der Waals surface area contributed by atoms with Crippen molar-refractivity contribution in [2.75, 3.05) is 10.7 Å². The average Bonchev–Trinajstić information content (AvgIpc) is 2.74. The summed E-state index contributed by atoms with van der Waals surface area (Å²) in [7, 11) is 0. The summed E-state index contributed by atoms with van der Waals surface area (Å²) in [5.41, 5.74) is 3.45. The minimum atomic E-state index is 0.634. The Morgan fingerprint density at radius 2 is 2.18 bits per heavy atom. The van der Waals surface area contributed by atoms with Gasteiger partial charge in [-0.3, -0.25) is 0 Å². The molecule has 0 unspecified atom stereocenters. The van der Waals surface area contributed by atoms with Crippen molar-refractivity contribution in [2.24, 2.45) is 5.84 Å². The predicted octanol–water partition coefficient (Wildman–Crippen LogP) is 2.51. The first kappa shape index (κ1) is 12.3. The van der Waals surface area contributed by atoms with E-state index in [0.717, 1.165) is 22.4 Å². The van der Waals surface area contributed by atoms with Crippen LogP contribution in [0.25, 0.3) is 0 Å². The molecule has 5 nitrogen and oxygen atoms in total. The molecule has 0 radical (unpaired) electrons. The number of hydrogen-bond acceptors (Lipinski definition) is 6. The van der Waals surface area contributed by atoms with Crippen molar-refractivity contribution < 1.29 is 0 Å². The SMILES string of the molecule is Cc1c(NN)ncnc1NCc1cc(Br)cs1. The highest BCUT2D eigenvalue weighted by Crippen LogP contribution is 2.22. The molecule has 2 aromatic rings. The Morgan fingerprint density at radius 1 is 1.41 bits per heavy atom. The molecule has 0 atom stereocenters. The summed E-state index contributed by atoms with van der Waals surface area (Å²) in [4.78, 5) is 9.44. The molecule has 2 heterocycles. The highest BCUT2D eigenvalue weighted by molar-refractivity contribution is 9.10. The third-order valence-electron chi connectivity index (χ3n) is 2.27. The Balaban J connectivity index is 2.09. The lowest BCUT2D eigenvalue weighted by Gasteiger charge is -2.09. The minimum absolute atomic E-state index is 0.634. The van der Waals surface area contributed by atoms with Gasteiger partial charge in [0.05, 0.1) is 6.54 Å². The number of rotatable bonds is 4. The standard InChI is InChI=1S/C10H12BrN5S/c1-6-9(14-5-15-10(6)16-12)13-3-8-2-7(11)4-17-8/h2,4-5H,3,12H2,1H3,(H2,13,14,15,16). The molecule has 2 aromatic heterocycles. The molecule has 0 aromatic carbocycles. The molecule has 17 heavy (non-hydrogen) atoms. The summed E-state index contributed by atoms with van der Waals surface area (Å²) >= 11 is 5.12. The van der Waals surface area contributed by atoms with Gasteiger partial charge in [0.1, 0.15) is 18.0 Å². The molecule has 0 spiro atoms. The summed E-state index contributed by atoms with van der Waals surface area (Å²) in [6.07, 6.45) is 1.48. The number of thiophene rings is 1. The molecule has 90 valence electrons. The summed E-state index contributed by atoms with van der Waals surface area (Å²) in [5.74, 6) is 6.78. The second-order valence-corrected chi connectivity index (χ2v) is 5.34. The second-order valence-electron chi connectivity index (χ2n) is 3.43. The Morgan fingerprint density at radius 3 is 2.82 bits per heavy atom. The van der Waals surface area contributed by atoms with Gasteiger partial charge >= 0.3 is 0 Å². The number of nitrogens with zero attached hydrogens (tertiary/aromatic N) is 2. The number of anilines is 2. The zero-order valence-corrected chi connectivity index (χ0v) is 11.6. The molecule has 0 amide bonds. The van der Waals surface area contributed by atoms with Crippen molar-refractivity contribution in [2.45, 2.75) is 13.5 Å². The van der Waals surface area contributed by atoms with E-state index in [2.05, 4.69) is 48.1 Å². The molecule has 2 rings (SSSR count). The van der Waals surface area contributed by atoms with Gasteiger partial charge in [-0.1, -0.05) is 0 Å². The van der Waals surface area contributed by atoms with Crippen LogP contribution < -0.4 is 16.6 Å². The van der Waals surface area contributed by atoms with Crippen LogP contribution in [0.4, 0.5) is 11.6 Å². The van der Waals surface area contributed by atoms with Crippen molar-refractivity contribution in [3.63, 3.8) is 0 Å². The number of hydrogen-bond donors (Lipinski definition) is 3. The molecule has 0 aliphatic heterocycles. The lowest BCUT2D eigenvalue weighted by molar-refractivity contribution is 1.06. The Hall–Kier alpha value is -1.18. The second kappa shape index (κ2) is 5.44. The first-order valence-electron chi connectivity index (χ1n) is 4.95. The fourth-order valence-electron chi connectivity index (χ4n) is 1.39. The van der Waals surface area contributed by atoms with Crippen molar-refractivity contribution >= 4 is 38.9 Å². The van der Waals surface area contributed by atoms with Crippen molar-refractivity contribution in [3.8, 4) is 0 Å². The number of nitrogens with two attached hydrogens (primary N) is 1. The number of nitrogens with one attached hydrogen (secondary N) is 2. The van der Waals surface area contributed by atoms with Gasteiger partial charge in [0.25, 0.3) is 0 Å². The molecule has 7 heteroatoms. The van der Waals surface area contributed by atoms with Crippen molar-refractivity contribution in [1.29, 1.82) is 0 Å². The number of aromatic nitrogens is 2. The summed E-state index contributed by atoms with van der Waals surface area (Å²) < 4.78 is 1.10. The van der Waals surface area contributed by atoms with Crippen molar-refractivity contribution in [1.82, 2.24) is 9.97 Å². The normalized spacial score (nSPS) is 10.3. The van der Waals surface area contributed by atoms with E-state index in [1.54, 1.807) is 11.3 Å². The van der Waals surface area contributed by atoms with E-state index in [-0.39, 0.29) is 0 Å². The van der Waals surface area contributed by atoms with Crippen LogP contribution in [0.15, 0.2) is 22.2 Å². The zero-order valence-electron chi connectivity index (χ0n) is 9.20. The van der Waals surface area contributed by atoms with Gasteiger partial charge in [-0.15, -0.1) is 11.3 Å². The summed E-state index contributed by atoms with van der Waals surface area (Å²) in [5, 5.41) is 5.31. The van der Waals surface area contributed by atoms with Crippen LogP contribution in [-0.4, -0.2) is 9.97 Å². The molecule has 0 saturated carbocycles. The van der Waals surface area contributed by atoms with E-state index in [1.807, 2.05) is 6.92 Å². The van der Waals surface area contributed by atoms with E-state index in [9.17, 15) is 0 Å². The Labute approximate surface area is 112 Å². The topological polar surface area (TPSA) is 75.9 Å². The van der Waals surface area contributed by atoms with Crippen LogP contribution in [0.3, 0.4) is 0 Å². The maximum atomic E-state index is 5.36. The number of hydrazine groups is 1.